The summed E-state index contributed by atoms with van der Waals surface area (Å²) in [6.07, 6.45) is 11.0. The molecule has 0 saturated heterocycles. The number of ether oxygens (including phenoxy) is 1. The van der Waals surface area contributed by atoms with E-state index in [0.29, 0.717) is 17.6 Å². The van der Waals surface area contributed by atoms with Crippen LogP contribution in [0.25, 0.3) is 0 Å². The smallest absolute Gasteiger partial charge is 0.0586 e. The first-order valence-electron chi connectivity index (χ1n) is 7.83. The summed E-state index contributed by atoms with van der Waals surface area (Å²) >= 11 is 0. The highest BCUT2D eigenvalue weighted by Crippen LogP contribution is 2.25. The van der Waals surface area contributed by atoms with Crippen molar-refractivity contribution in [2.24, 2.45) is 5.41 Å². The summed E-state index contributed by atoms with van der Waals surface area (Å²) in [6, 6.07) is 0.675. The molecule has 0 radical (unpaired) electrons. The Bertz CT molecular complexity index is 215. The van der Waals surface area contributed by atoms with Gasteiger partial charge in [0.05, 0.1) is 6.10 Å². The monoisotopic (exact) mass is 255 g/mol. The average Bonchev–Trinajstić information content (AvgIpc) is 2.37. The van der Waals surface area contributed by atoms with Crippen LogP contribution in [0.4, 0.5) is 0 Å². The second-order valence-corrected chi connectivity index (χ2v) is 6.72. The van der Waals surface area contributed by atoms with Crippen molar-refractivity contribution < 1.29 is 4.74 Å². The van der Waals surface area contributed by atoms with Gasteiger partial charge in [-0.2, -0.15) is 0 Å². The van der Waals surface area contributed by atoms with Gasteiger partial charge < -0.3 is 10.1 Å². The summed E-state index contributed by atoms with van der Waals surface area (Å²) in [5.41, 5.74) is 0.440. The van der Waals surface area contributed by atoms with Crippen molar-refractivity contribution in [3.63, 3.8) is 0 Å². The third-order valence-corrected chi connectivity index (χ3v) is 4.29. The van der Waals surface area contributed by atoms with Crippen LogP contribution in [0.15, 0.2) is 0 Å². The summed E-state index contributed by atoms with van der Waals surface area (Å²) in [4.78, 5) is 0. The molecule has 108 valence electrons. The van der Waals surface area contributed by atoms with Gasteiger partial charge in [-0.15, -0.1) is 0 Å². The highest BCUT2D eigenvalue weighted by Gasteiger charge is 2.24. The normalized spacial score (nSPS) is 25.3. The first-order chi connectivity index (χ1) is 8.57. The first-order valence-corrected chi connectivity index (χ1v) is 7.83. The number of nitrogens with one attached hydrogen (secondary N) is 1. The minimum atomic E-state index is 0.440. The van der Waals surface area contributed by atoms with E-state index in [-0.39, 0.29) is 0 Å². The molecule has 0 aliphatic heterocycles. The summed E-state index contributed by atoms with van der Waals surface area (Å²) in [7, 11) is 1.85. The van der Waals surface area contributed by atoms with E-state index in [1.54, 1.807) is 0 Å². The number of rotatable bonds is 8. The molecule has 2 atom stereocenters. The molecule has 1 fully saturated rings. The third kappa shape index (κ3) is 6.19. The fourth-order valence-electron chi connectivity index (χ4n) is 2.91. The highest BCUT2D eigenvalue weighted by atomic mass is 16.5. The summed E-state index contributed by atoms with van der Waals surface area (Å²) in [5, 5.41) is 3.77. The predicted octanol–water partition coefficient (Wildman–Crippen LogP) is 4.14. The Labute approximate surface area is 114 Å². The van der Waals surface area contributed by atoms with Crippen LogP contribution in [0.1, 0.15) is 72.1 Å². The zero-order valence-corrected chi connectivity index (χ0v) is 12.9. The lowest BCUT2D eigenvalue weighted by Gasteiger charge is -2.33. The van der Waals surface area contributed by atoms with Crippen molar-refractivity contribution in [2.45, 2.75) is 84.3 Å². The maximum atomic E-state index is 5.49. The van der Waals surface area contributed by atoms with Crippen LogP contribution < -0.4 is 5.32 Å². The molecule has 0 aromatic rings. The van der Waals surface area contributed by atoms with Gasteiger partial charge in [-0.3, -0.25) is 0 Å². The molecule has 1 rings (SSSR count). The van der Waals surface area contributed by atoms with Gasteiger partial charge in [-0.25, -0.2) is 0 Å². The van der Waals surface area contributed by atoms with Crippen molar-refractivity contribution in [3.05, 3.63) is 0 Å². The van der Waals surface area contributed by atoms with Gasteiger partial charge in [-0.05, 0) is 37.5 Å². The topological polar surface area (TPSA) is 21.3 Å². The second-order valence-electron chi connectivity index (χ2n) is 6.72. The molecular formula is C16H33NO. The molecule has 0 heterocycles. The van der Waals surface area contributed by atoms with Gasteiger partial charge in [0.1, 0.15) is 0 Å². The minimum absolute atomic E-state index is 0.440. The lowest BCUT2D eigenvalue weighted by Crippen LogP contribution is -2.41. The fraction of sp³-hybridized carbons (Fsp3) is 1.00. The van der Waals surface area contributed by atoms with Crippen molar-refractivity contribution in [2.75, 3.05) is 13.7 Å². The van der Waals surface area contributed by atoms with E-state index in [4.69, 9.17) is 4.74 Å². The molecule has 0 bridgehead atoms. The van der Waals surface area contributed by atoms with Crippen LogP contribution in [-0.2, 0) is 4.74 Å². The molecule has 0 spiro atoms. The maximum Gasteiger partial charge on any atom is 0.0586 e. The van der Waals surface area contributed by atoms with Crippen LogP contribution in [0.3, 0.4) is 0 Å². The Balaban J connectivity index is 2.21. The number of hydrogen-bond acceptors (Lipinski definition) is 2. The van der Waals surface area contributed by atoms with Crippen LogP contribution in [0, 0.1) is 5.41 Å². The Morgan fingerprint density at radius 1 is 1.22 bits per heavy atom. The Morgan fingerprint density at radius 2 is 2.00 bits per heavy atom. The van der Waals surface area contributed by atoms with Crippen LogP contribution >= 0.6 is 0 Å². The van der Waals surface area contributed by atoms with Crippen molar-refractivity contribution in [1.29, 1.82) is 0 Å². The number of methoxy groups -OCH3 is 1. The highest BCUT2D eigenvalue weighted by molar-refractivity contribution is 4.81. The molecular weight excluding hydrogens is 222 g/mol. The standard InChI is InChI=1S/C16H33NO/c1-5-6-7-11-16(2,3)13-17-14-9-8-10-15(12-14)18-4/h14-15,17H,5-13H2,1-4H3. The van der Waals surface area contributed by atoms with Gasteiger partial charge in [0.15, 0.2) is 0 Å². The third-order valence-electron chi connectivity index (χ3n) is 4.29. The second kappa shape index (κ2) is 8.16. The largest absolute Gasteiger partial charge is 0.381 e. The van der Waals surface area contributed by atoms with Gasteiger partial charge in [-0.1, -0.05) is 40.0 Å². The maximum absolute atomic E-state index is 5.49. The van der Waals surface area contributed by atoms with Crippen molar-refractivity contribution >= 4 is 0 Å². The molecule has 2 nitrogen and oxygen atoms in total. The molecule has 0 amide bonds. The van der Waals surface area contributed by atoms with Crippen LogP contribution in [0.2, 0.25) is 0 Å². The molecule has 18 heavy (non-hydrogen) atoms. The predicted molar refractivity (Wildman–Crippen MR) is 79.0 cm³/mol. The van der Waals surface area contributed by atoms with Gasteiger partial charge >= 0.3 is 0 Å². The Kier molecular flexibility index (Phi) is 7.25. The summed E-state index contributed by atoms with van der Waals surface area (Å²) in [6.45, 7) is 8.22. The summed E-state index contributed by atoms with van der Waals surface area (Å²) in [5.74, 6) is 0. The molecule has 0 aromatic heterocycles. The lowest BCUT2D eigenvalue weighted by molar-refractivity contribution is 0.0569. The van der Waals surface area contributed by atoms with Gasteiger partial charge in [0, 0.05) is 19.7 Å². The Morgan fingerprint density at radius 3 is 2.67 bits per heavy atom. The average molecular weight is 255 g/mol. The molecule has 1 aliphatic carbocycles. The van der Waals surface area contributed by atoms with E-state index in [2.05, 4.69) is 26.1 Å². The zero-order chi connectivity index (χ0) is 13.4. The van der Waals surface area contributed by atoms with Crippen molar-refractivity contribution in [1.82, 2.24) is 5.32 Å². The van der Waals surface area contributed by atoms with E-state index >= 15 is 0 Å². The number of hydrogen-bond donors (Lipinski definition) is 1. The quantitative estimate of drug-likeness (QED) is 0.658. The lowest BCUT2D eigenvalue weighted by atomic mass is 9.85. The van der Waals surface area contributed by atoms with E-state index in [1.807, 2.05) is 7.11 Å². The molecule has 1 saturated carbocycles. The molecule has 1 N–H and O–H groups in total. The van der Waals surface area contributed by atoms with Gasteiger partial charge in [0.25, 0.3) is 0 Å². The SMILES string of the molecule is CCCCCC(C)(C)CNC1CCCC(OC)C1. The van der Waals surface area contributed by atoms with E-state index < -0.39 is 0 Å². The van der Waals surface area contributed by atoms with Crippen molar-refractivity contribution in [3.8, 4) is 0 Å². The van der Waals surface area contributed by atoms with Gasteiger partial charge in [0.2, 0.25) is 0 Å². The number of unbranched alkanes of at least 4 members (excludes halogenated alkanes) is 2. The Hall–Kier alpha value is -0.0800. The van der Waals surface area contributed by atoms with E-state index in [0.717, 1.165) is 6.54 Å². The molecule has 2 unspecified atom stereocenters. The molecule has 0 aromatic carbocycles. The van der Waals surface area contributed by atoms with Crippen LogP contribution in [0.5, 0.6) is 0 Å². The van der Waals surface area contributed by atoms with E-state index in [9.17, 15) is 0 Å². The fourth-order valence-corrected chi connectivity index (χ4v) is 2.91. The molecule has 1 aliphatic rings. The molecule has 2 heteroatoms. The van der Waals surface area contributed by atoms with E-state index in [1.165, 1.54) is 51.4 Å². The first kappa shape index (κ1) is 16.0. The zero-order valence-electron chi connectivity index (χ0n) is 12.9. The van der Waals surface area contributed by atoms with Crippen LogP contribution in [-0.4, -0.2) is 25.8 Å². The minimum Gasteiger partial charge on any atom is -0.381 e. The summed E-state index contributed by atoms with van der Waals surface area (Å²) < 4.78 is 5.49.